The summed E-state index contributed by atoms with van der Waals surface area (Å²) in [5, 5.41) is 0. The fourth-order valence-electron chi connectivity index (χ4n) is 5.78. The van der Waals surface area contributed by atoms with Crippen molar-refractivity contribution in [2.45, 2.75) is 125 Å². The molecule has 0 fully saturated rings. The molecule has 2 aromatic carbocycles. The minimum Gasteiger partial charge on any atom is -0.460 e. The summed E-state index contributed by atoms with van der Waals surface area (Å²) in [5.74, 6) is -4.08. The Kier molecular flexibility index (Phi) is 9.48. The molecule has 45 heavy (non-hydrogen) atoms. The summed E-state index contributed by atoms with van der Waals surface area (Å²) in [4.78, 5) is 54.7. The van der Waals surface area contributed by atoms with E-state index in [4.69, 9.17) is 18.9 Å². The Morgan fingerprint density at radius 1 is 0.511 bits per heavy atom. The minimum absolute atomic E-state index is 0.265. The van der Waals surface area contributed by atoms with Crippen LogP contribution in [0.2, 0.25) is 0 Å². The third-order valence-corrected chi connectivity index (χ3v) is 7.38. The Morgan fingerprint density at radius 2 is 0.800 bits per heavy atom. The van der Waals surface area contributed by atoms with Gasteiger partial charge < -0.3 is 18.9 Å². The predicted molar refractivity (Wildman–Crippen MR) is 173 cm³/mol. The number of rotatable bonds is 6. The molecule has 0 radical (unpaired) electrons. The summed E-state index contributed by atoms with van der Waals surface area (Å²) in [6, 6.07) is 10.3. The lowest BCUT2D eigenvalue weighted by Crippen LogP contribution is -2.49. The van der Waals surface area contributed by atoms with Gasteiger partial charge in [-0.25, -0.2) is 9.59 Å². The van der Waals surface area contributed by atoms with Crippen LogP contribution in [0.5, 0.6) is 0 Å². The molecule has 0 amide bonds. The highest BCUT2D eigenvalue weighted by Gasteiger charge is 2.57. The first-order valence-electron chi connectivity index (χ1n) is 15.5. The van der Waals surface area contributed by atoms with E-state index >= 15 is 0 Å². The Hall–Kier alpha value is -3.68. The van der Waals surface area contributed by atoms with E-state index in [1.165, 1.54) is 0 Å². The van der Waals surface area contributed by atoms with Gasteiger partial charge in [0.1, 0.15) is 22.4 Å². The van der Waals surface area contributed by atoms with Gasteiger partial charge in [-0.05, 0) is 130 Å². The Labute approximate surface area is 268 Å². The second kappa shape index (κ2) is 11.9. The van der Waals surface area contributed by atoms with Crippen molar-refractivity contribution in [1.29, 1.82) is 0 Å². The van der Waals surface area contributed by atoms with Gasteiger partial charge in [0, 0.05) is 5.41 Å². The molecule has 0 aliphatic heterocycles. The molecule has 0 heterocycles. The van der Waals surface area contributed by atoms with Gasteiger partial charge in [0.15, 0.2) is 0 Å². The monoisotopic (exact) mass is 622 g/mol. The number of hydrogen-bond donors (Lipinski definition) is 0. The second-order valence-corrected chi connectivity index (χ2v) is 15.9. The molecule has 8 nitrogen and oxygen atoms in total. The number of benzene rings is 2. The van der Waals surface area contributed by atoms with E-state index < -0.39 is 63.5 Å². The molecule has 0 N–H and O–H groups in total. The van der Waals surface area contributed by atoms with Crippen LogP contribution in [-0.4, -0.2) is 46.3 Å². The lowest BCUT2D eigenvalue weighted by molar-refractivity contribution is -0.167. The normalized spacial score (nSPS) is 15.7. The van der Waals surface area contributed by atoms with E-state index in [1.807, 2.05) is 0 Å². The van der Waals surface area contributed by atoms with E-state index in [9.17, 15) is 19.2 Å². The number of carbonyl (C=O) groups is 4. The van der Waals surface area contributed by atoms with Crippen molar-refractivity contribution < 1.29 is 38.1 Å². The fraction of sp³-hybridized carbons (Fsp3) is 0.568. The fourth-order valence-corrected chi connectivity index (χ4v) is 5.78. The molecular formula is C37H50O8. The Balaban J connectivity index is 2.44. The molecule has 0 saturated carbocycles. The predicted octanol–water partition coefficient (Wildman–Crippen LogP) is 7.82. The van der Waals surface area contributed by atoms with Gasteiger partial charge in [0.2, 0.25) is 0 Å². The van der Waals surface area contributed by atoms with E-state index in [0.717, 1.165) is 11.1 Å². The Bertz CT molecular complexity index is 1370. The number of hydrogen-bond acceptors (Lipinski definition) is 8. The SMILES string of the molecule is CC(C(=O)OC(C)(C)C)C1(C(C)C(=O)OC(C)(C)C)c2cc(C(=O)OC(C)(C)C)ccc2-c2ccc(C(=O)OC(C)(C)C)cc21. The molecule has 0 aromatic heterocycles. The molecule has 1 aliphatic carbocycles. The first-order valence-corrected chi connectivity index (χ1v) is 15.5. The second-order valence-electron chi connectivity index (χ2n) is 15.9. The molecule has 3 rings (SSSR count). The number of fused-ring (bicyclic) bond motifs is 3. The summed E-state index contributed by atoms with van der Waals surface area (Å²) in [6.45, 7) is 24.8. The number of ether oxygens (including phenoxy) is 4. The summed E-state index contributed by atoms with van der Waals surface area (Å²) in [7, 11) is 0. The minimum atomic E-state index is -1.40. The summed E-state index contributed by atoms with van der Waals surface area (Å²) in [5.41, 5.74) is -1.41. The molecule has 0 spiro atoms. The van der Waals surface area contributed by atoms with Crippen LogP contribution in [0.15, 0.2) is 36.4 Å². The Morgan fingerprint density at radius 3 is 1.07 bits per heavy atom. The zero-order chi connectivity index (χ0) is 34.5. The zero-order valence-electron chi connectivity index (χ0n) is 29.4. The molecular weight excluding hydrogens is 572 g/mol. The van der Waals surface area contributed by atoms with Crippen molar-refractivity contribution in [3.63, 3.8) is 0 Å². The van der Waals surface area contributed by atoms with Crippen LogP contribution in [0.4, 0.5) is 0 Å². The van der Waals surface area contributed by atoms with Gasteiger partial charge in [-0.3, -0.25) is 9.59 Å². The van der Waals surface area contributed by atoms with Crippen LogP contribution in [-0.2, 0) is 34.0 Å². The summed E-state index contributed by atoms with van der Waals surface area (Å²) in [6.07, 6.45) is 0. The lowest BCUT2D eigenvalue weighted by Gasteiger charge is -2.42. The van der Waals surface area contributed by atoms with E-state index in [1.54, 1.807) is 133 Å². The highest BCUT2D eigenvalue weighted by atomic mass is 16.6. The smallest absolute Gasteiger partial charge is 0.338 e. The van der Waals surface area contributed by atoms with Crippen molar-refractivity contribution in [1.82, 2.24) is 0 Å². The van der Waals surface area contributed by atoms with E-state index in [2.05, 4.69) is 0 Å². The first-order chi connectivity index (χ1) is 20.3. The average molecular weight is 623 g/mol. The van der Waals surface area contributed by atoms with Crippen molar-refractivity contribution in [3.8, 4) is 11.1 Å². The highest BCUT2D eigenvalue weighted by Crippen LogP contribution is 2.58. The van der Waals surface area contributed by atoms with Crippen LogP contribution in [0.3, 0.4) is 0 Å². The third kappa shape index (κ3) is 7.95. The van der Waals surface area contributed by atoms with Gasteiger partial charge in [-0.1, -0.05) is 26.0 Å². The first kappa shape index (κ1) is 35.8. The molecule has 2 atom stereocenters. The van der Waals surface area contributed by atoms with Crippen molar-refractivity contribution >= 4 is 23.9 Å². The largest absolute Gasteiger partial charge is 0.460 e. The zero-order valence-corrected chi connectivity index (χ0v) is 29.4. The standard InChI is InChI=1S/C37H50O8/c1-21(29(38)42-33(3,4)5)37(22(2)30(39)43-34(6,7)8)27-19-23(31(40)44-35(9,10)11)15-17-25(27)26-18-16-24(20-28(26)37)32(41)45-36(12,13)14/h15-22H,1-14H3. The van der Waals surface area contributed by atoms with Gasteiger partial charge in [0.05, 0.1) is 23.0 Å². The molecule has 8 heteroatoms. The molecule has 2 unspecified atom stereocenters. The number of carbonyl (C=O) groups excluding carboxylic acids is 4. The maximum Gasteiger partial charge on any atom is 0.338 e. The van der Waals surface area contributed by atoms with Gasteiger partial charge in [-0.15, -0.1) is 0 Å². The van der Waals surface area contributed by atoms with E-state index in [-0.39, 0.29) is 11.1 Å². The number of esters is 4. The topological polar surface area (TPSA) is 105 Å². The van der Waals surface area contributed by atoms with E-state index in [0.29, 0.717) is 11.1 Å². The summed E-state index contributed by atoms with van der Waals surface area (Å²) >= 11 is 0. The molecule has 0 saturated heterocycles. The van der Waals surface area contributed by atoms with Crippen LogP contribution >= 0.6 is 0 Å². The summed E-state index contributed by atoms with van der Waals surface area (Å²) < 4.78 is 23.2. The molecule has 0 bridgehead atoms. The highest BCUT2D eigenvalue weighted by molar-refractivity contribution is 5.97. The van der Waals surface area contributed by atoms with Gasteiger partial charge in [-0.2, -0.15) is 0 Å². The van der Waals surface area contributed by atoms with Crippen molar-refractivity contribution in [2.24, 2.45) is 11.8 Å². The van der Waals surface area contributed by atoms with Gasteiger partial charge >= 0.3 is 23.9 Å². The van der Waals surface area contributed by atoms with Crippen LogP contribution in [0.25, 0.3) is 11.1 Å². The van der Waals surface area contributed by atoms with Crippen LogP contribution in [0.1, 0.15) is 129 Å². The average Bonchev–Trinajstić information content (AvgIpc) is 3.13. The quantitative estimate of drug-likeness (QED) is 0.237. The maximum atomic E-state index is 14.0. The molecule has 2 aromatic rings. The van der Waals surface area contributed by atoms with Crippen LogP contribution in [0, 0.1) is 11.8 Å². The maximum absolute atomic E-state index is 14.0. The molecule has 246 valence electrons. The third-order valence-electron chi connectivity index (χ3n) is 7.38. The van der Waals surface area contributed by atoms with Crippen LogP contribution < -0.4 is 0 Å². The van der Waals surface area contributed by atoms with Crippen molar-refractivity contribution in [2.75, 3.05) is 0 Å². The van der Waals surface area contributed by atoms with Gasteiger partial charge in [0.25, 0.3) is 0 Å². The molecule has 1 aliphatic rings. The van der Waals surface area contributed by atoms with Crippen molar-refractivity contribution in [3.05, 3.63) is 58.7 Å². The lowest BCUT2D eigenvalue weighted by atomic mass is 9.61.